The third kappa shape index (κ3) is 2.06. The Balaban J connectivity index is 2.13. The standard InChI is InChI=1S/C14H12N2O2S/c1-2-16-8-9(10-5-3-4-6-11(10)16)7-12-13(17)15-14(18)19-12/h3-8H,2H2,1H3,(H,15,17,18). The number of amides is 2. The minimum absolute atomic E-state index is 0.310. The maximum atomic E-state index is 11.6. The lowest BCUT2D eigenvalue weighted by molar-refractivity contribution is -0.115. The van der Waals surface area contributed by atoms with Crippen molar-refractivity contribution in [2.75, 3.05) is 0 Å². The van der Waals surface area contributed by atoms with E-state index in [0.717, 1.165) is 34.8 Å². The van der Waals surface area contributed by atoms with Crippen molar-refractivity contribution in [3.63, 3.8) is 0 Å². The predicted octanol–water partition coefficient (Wildman–Crippen LogP) is 2.99. The molecule has 0 saturated carbocycles. The summed E-state index contributed by atoms with van der Waals surface area (Å²) in [5, 5.41) is 3.04. The van der Waals surface area contributed by atoms with Crippen LogP contribution in [0, 0.1) is 0 Å². The number of para-hydroxylation sites is 1. The summed E-state index contributed by atoms with van der Waals surface area (Å²) < 4.78 is 2.13. The van der Waals surface area contributed by atoms with Gasteiger partial charge in [-0.2, -0.15) is 0 Å². The van der Waals surface area contributed by atoms with E-state index in [4.69, 9.17) is 0 Å². The Bertz CT molecular complexity index is 715. The van der Waals surface area contributed by atoms with Crippen molar-refractivity contribution in [1.29, 1.82) is 0 Å². The Hall–Kier alpha value is -2.01. The number of imide groups is 1. The summed E-state index contributed by atoms with van der Waals surface area (Å²) >= 11 is 0.946. The maximum absolute atomic E-state index is 11.6. The summed E-state index contributed by atoms with van der Waals surface area (Å²) in [5.74, 6) is -0.316. The highest BCUT2D eigenvalue weighted by atomic mass is 32.2. The molecule has 0 spiro atoms. The monoisotopic (exact) mass is 272 g/mol. The van der Waals surface area contributed by atoms with Crippen molar-refractivity contribution in [1.82, 2.24) is 9.88 Å². The minimum Gasteiger partial charge on any atom is -0.347 e. The first-order chi connectivity index (χ1) is 9.19. The molecule has 1 N–H and O–H groups in total. The Morgan fingerprint density at radius 2 is 2.11 bits per heavy atom. The van der Waals surface area contributed by atoms with Crippen molar-refractivity contribution in [2.45, 2.75) is 13.5 Å². The van der Waals surface area contributed by atoms with Crippen LogP contribution in [0.3, 0.4) is 0 Å². The number of hydrogen-bond acceptors (Lipinski definition) is 3. The molecule has 3 rings (SSSR count). The van der Waals surface area contributed by atoms with Crippen LogP contribution in [0.15, 0.2) is 35.4 Å². The van der Waals surface area contributed by atoms with E-state index in [-0.39, 0.29) is 11.1 Å². The van der Waals surface area contributed by atoms with Crippen LogP contribution in [0.4, 0.5) is 4.79 Å². The first-order valence-electron chi connectivity index (χ1n) is 6.02. The van der Waals surface area contributed by atoms with Crippen LogP contribution in [0.25, 0.3) is 17.0 Å². The molecule has 0 radical (unpaired) electrons. The van der Waals surface area contributed by atoms with E-state index in [1.165, 1.54) is 0 Å². The zero-order chi connectivity index (χ0) is 13.4. The molecule has 2 amide bonds. The van der Waals surface area contributed by atoms with Gasteiger partial charge in [0.1, 0.15) is 0 Å². The fourth-order valence-corrected chi connectivity index (χ4v) is 2.89. The summed E-state index contributed by atoms with van der Waals surface area (Å²) in [6.07, 6.45) is 3.79. The summed E-state index contributed by atoms with van der Waals surface area (Å²) in [4.78, 5) is 23.2. The molecule has 1 saturated heterocycles. The van der Waals surface area contributed by atoms with Crippen molar-refractivity contribution in [3.05, 3.63) is 40.9 Å². The van der Waals surface area contributed by atoms with Gasteiger partial charge in [-0.15, -0.1) is 0 Å². The normalized spacial score (nSPS) is 17.4. The van der Waals surface area contributed by atoms with Crippen LogP contribution < -0.4 is 5.32 Å². The van der Waals surface area contributed by atoms with Gasteiger partial charge in [-0.25, -0.2) is 0 Å². The molecule has 0 atom stereocenters. The number of thioether (sulfide) groups is 1. The van der Waals surface area contributed by atoms with Gasteiger partial charge in [0.05, 0.1) is 4.91 Å². The molecule has 4 nitrogen and oxygen atoms in total. The average molecular weight is 272 g/mol. The molecular formula is C14H12N2O2S. The molecule has 96 valence electrons. The molecule has 2 aromatic rings. The van der Waals surface area contributed by atoms with E-state index in [1.807, 2.05) is 30.5 Å². The van der Waals surface area contributed by atoms with Crippen LogP contribution >= 0.6 is 11.8 Å². The number of aryl methyl sites for hydroxylation is 1. The number of rotatable bonds is 2. The first kappa shape index (κ1) is 12.0. The number of nitrogens with zero attached hydrogens (tertiary/aromatic N) is 1. The van der Waals surface area contributed by atoms with Gasteiger partial charge in [0.2, 0.25) is 0 Å². The van der Waals surface area contributed by atoms with Crippen molar-refractivity contribution >= 4 is 39.9 Å². The average Bonchev–Trinajstić information content (AvgIpc) is 2.91. The predicted molar refractivity (Wildman–Crippen MR) is 76.7 cm³/mol. The van der Waals surface area contributed by atoms with E-state index in [9.17, 15) is 9.59 Å². The van der Waals surface area contributed by atoms with Gasteiger partial charge in [0.25, 0.3) is 11.1 Å². The fraction of sp³-hybridized carbons (Fsp3) is 0.143. The molecular weight excluding hydrogens is 260 g/mol. The second-order valence-corrected chi connectivity index (χ2v) is 5.25. The van der Waals surface area contributed by atoms with Crippen molar-refractivity contribution < 1.29 is 9.59 Å². The number of nitrogens with one attached hydrogen (secondary N) is 1. The highest BCUT2D eigenvalue weighted by Crippen LogP contribution is 2.29. The molecule has 1 aromatic carbocycles. The van der Waals surface area contributed by atoms with Gasteiger partial charge in [-0.1, -0.05) is 18.2 Å². The number of carbonyl (C=O) groups is 2. The topological polar surface area (TPSA) is 51.1 Å². The van der Waals surface area contributed by atoms with Gasteiger partial charge in [-0.3, -0.25) is 14.9 Å². The quantitative estimate of drug-likeness (QED) is 0.855. The lowest BCUT2D eigenvalue weighted by Gasteiger charge is -1.97. The highest BCUT2D eigenvalue weighted by molar-refractivity contribution is 8.18. The Morgan fingerprint density at radius 1 is 1.32 bits per heavy atom. The molecule has 5 heteroatoms. The van der Waals surface area contributed by atoms with Crippen LogP contribution in [0.2, 0.25) is 0 Å². The third-order valence-electron chi connectivity index (χ3n) is 3.09. The van der Waals surface area contributed by atoms with Crippen LogP contribution in [0.1, 0.15) is 12.5 Å². The Morgan fingerprint density at radius 3 is 2.79 bits per heavy atom. The largest absolute Gasteiger partial charge is 0.347 e. The highest BCUT2D eigenvalue weighted by Gasteiger charge is 2.25. The van der Waals surface area contributed by atoms with Gasteiger partial charge in [0, 0.05) is 29.2 Å². The lowest BCUT2D eigenvalue weighted by Crippen LogP contribution is -2.17. The third-order valence-corrected chi connectivity index (χ3v) is 3.90. The summed E-state index contributed by atoms with van der Waals surface area (Å²) in [7, 11) is 0. The molecule has 0 bridgehead atoms. The van der Waals surface area contributed by atoms with Crippen LogP contribution in [-0.2, 0) is 11.3 Å². The van der Waals surface area contributed by atoms with E-state index >= 15 is 0 Å². The van der Waals surface area contributed by atoms with E-state index in [0.29, 0.717) is 4.91 Å². The Kier molecular flexibility index (Phi) is 2.91. The molecule has 2 heterocycles. The number of benzene rings is 1. The van der Waals surface area contributed by atoms with E-state index in [2.05, 4.69) is 16.8 Å². The molecule has 0 aliphatic carbocycles. The number of aromatic nitrogens is 1. The molecule has 19 heavy (non-hydrogen) atoms. The van der Waals surface area contributed by atoms with E-state index < -0.39 is 0 Å². The summed E-state index contributed by atoms with van der Waals surface area (Å²) in [5.41, 5.74) is 2.09. The molecule has 1 aromatic heterocycles. The molecule has 1 aliphatic heterocycles. The SMILES string of the molecule is CCn1cc(C=C2SC(=O)NC2=O)c2ccccc21. The first-order valence-corrected chi connectivity index (χ1v) is 6.83. The molecule has 0 unspecified atom stereocenters. The summed E-state index contributed by atoms with van der Waals surface area (Å²) in [6.45, 7) is 2.94. The number of fused-ring (bicyclic) bond motifs is 1. The molecule has 1 aliphatic rings. The zero-order valence-corrected chi connectivity index (χ0v) is 11.2. The van der Waals surface area contributed by atoms with Gasteiger partial charge in [0.15, 0.2) is 0 Å². The van der Waals surface area contributed by atoms with Crippen LogP contribution in [-0.4, -0.2) is 15.7 Å². The maximum Gasteiger partial charge on any atom is 0.290 e. The summed E-state index contributed by atoms with van der Waals surface area (Å²) in [6, 6.07) is 8.03. The number of carbonyl (C=O) groups excluding carboxylic acids is 2. The Labute approximate surface area is 114 Å². The van der Waals surface area contributed by atoms with E-state index in [1.54, 1.807) is 6.08 Å². The second-order valence-electron chi connectivity index (χ2n) is 4.24. The second kappa shape index (κ2) is 4.59. The van der Waals surface area contributed by atoms with Gasteiger partial charge in [-0.05, 0) is 30.8 Å². The van der Waals surface area contributed by atoms with Crippen LogP contribution in [0.5, 0.6) is 0 Å². The van der Waals surface area contributed by atoms with Crippen molar-refractivity contribution in [2.24, 2.45) is 0 Å². The smallest absolute Gasteiger partial charge is 0.290 e. The van der Waals surface area contributed by atoms with Crippen molar-refractivity contribution in [3.8, 4) is 0 Å². The minimum atomic E-state index is -0.316. The van der Waals surface area contributed by atoms with Gasteiger partial charge >= 0.3 is 0 Å². The fourth-order valence-electron chi connectivity index (χ4n) is 2.21. The molecule has 1 fully saturated rings. The van der Waals surface area contributed by atoms with Gasteiger partial charge < -0.3 is 4.57 Å². The zero-order valence-electron chi connectivity index (χ0n) is 10.3. The number of hydrogen-bond donors (Lipinski definition) is 1. The lowest BCUT2D eigenvalue weighted by atomic mass is 10.1.